The predicted molar refractivity (Wildman–Crippen MR) is 75.1 cm³/mol. The highest BCUT2D eigenvalue weighted by molar-refractivity contribution is 6.87. The van der Waals surface area contributed by atoms with Crippen LogP contribution in [0.25, 0.3) is 0 Å². The molecule has 84 valence electrons. The van der Waals surface area contributed by atoms with Crippen molar-refractivity contribution in [1.82, 2.24) is 0 Å². The molecule has 0 amide bonds. The van der Waals surface area contributed by atoms with Gasteiger partial charge in [-0.25, -0.2) is 0 Å². The van der Waals surface area contributed by atoms with Crippen molar-refractivity contribution in [2.45, 2.75) is 31.5 Å². The first-order valence-corrected chi connectivity index (χ1v) is 9.09. The van der Waals surface area contributed by atoms with Crippen LogP contribution in [0.15, 0.2) is 59.9 Å². The van der Waals surface area contributed by atoms with Crippen molar-refractivity contribution in [2.75, 3.05) is 0 Å². The average molecular weight is 228 g/mol. The lowest BCUT2D eigenvalue weighted by Crippen LogP contribution is -2.32. The molecule has 0 aromatic carbocycles. The van der Waals surface area contributed by atoms with Crippen molar-refractivity contribution >= 4 is 8.07 Å². The smallest absolute Gasteiger partial charge is 0.0907 e. The van der Waals surface area contributed by atoms with Crippen LogP contribution in [0.4, 0.5) is 0 Å². The molecule has 2 rings (SSSR count). The number of hydrogen-bond donors (Lipinski definition) is 0. The molecule has 0 N–H and O–H groups in total. The quantitative estimate of drug-likeness (QED) is 0.489. The molecule has 0 nitrogen and oxygen atoms in total. The number of rotatable bonds is 4. The summed E-state index contributed by atoms with van der Waals surface area (Å²) >= 11 is 0. The summed E-state index contributed by atoms with van der Waals surface area (Å²) in [6, 6.07) is 0. The van der Waals surface area contributed by atoms with E-state index in [4.69, 9.17) is 0 Å². The minimum atomic E-state index is -1.33. The molecule has 0 aliphatic heterocycles. The fraction of sp³-hybridized carbons (Fsp3) is 0.333. The molecule has 2 aliphatic rings. The zero-order valence-corrected chi connectivity index (χ0v) is 11.2. The Labute approximate surface area is 99.8 Å². The van der Waals surface area contributed by atoms with E-state index in [1.165, 1.54) is 5.57 Å². The Morgan fingerprint density at radius 2 is 2.25 bits per heavy atom. The minimum Gasteiger partial charge on any atom is -0.103 e. The highest BCUT2D eigenvalue weighted by Gasteiger charge is 2.33. The van der Waals surface area contributed by atoms with Crippen LogP contribution in [0.1, 0.15) is 12.8 Å². The molecule has 0 aromatic heterocycles. The molecule has 0 heterocycles. The van der Waals surface area contributed by atoms with Gasteiger partial charge in [-0.2, -0.15) is 0 Å². The summed E-state index contributed by atoms with van der Waals surface area (Å²) in [7, 11) is -1.33. The van der Waals surface area contributed by atoms with Crippen molar-refractivity contribution in [3.63, 3.8) is 0 Å². The van der Waals surface area contributed by atoms with Gasteiger partial charge in [-0.1, -0.05) is 60.8 Å². The summed E-state index contributed by atoms with van der Waals surface area (Å²) in [4.78, 5) is 0. The lowest BCUT2D eigenvalue weighted by atomic mass is 10.2. The third-order valence-corrected chi connectivity index (χ3v) is 7.52. The molecule has 1 atom stereocenters. The molecular weight excluding hydrogens is 208 g/mol. The van der Waals surface area contributed by atoms with Crippen LogP contribution in [0, 0.1) is 0 Å². The lowest BCUT2D eigenvalue weighted by Gasteiger charge is -2.28. The van der Waals surface area contributed by atoms with Crippen molar-refractivity contribution in [3.05, 3.63) is 59.9 Å². The van der Waals surface area contributed by atoms with Crippen LogP contribution < -0.4 is 0 Å². The monoisotopic (exact) mass is 228 g/mol. The van der Waals surface area contributed by atoms with E-state index < -0.39 is 8.07 Å². The van der Waals surface area contributed by atoms with Gasteiger partial charge in [0.1, 0.15) is 0 Å². The summed E-state index contributed by atoms with van der Waals surface area (Å²) in [5.74, 6) is 0. The van der Waals surface area contributed by atoms with Gasteiger partial charge in [0.25, 0.3) is 0 Å². The van der Waals surface area contributed by atoms with E-state index in [-0.39, 0.29) is 0 Å². The fourth-order valence-corrected chi connectivity index (χ4v) is 5.23. The summed E-state index contributed by atoms with van der Waals surface area (Å²) in [5.41, 5.74) is 2.10. The van der Waals surface area contributed by atoms with Crippen LogP contribution in [0.2, 0.25) is 18.6 Å². The maximum atomic E-state index is 3.80. The summed E-state index contributed by atoms with van der Waals surface area (Å²) in [6.45, 7) is 8.74. The Hall–Kier alpha value is -1.08. The molecule has 0 radical (unpaired) electrons. The van der Waals surface area contributed by atoms with Crippen molar-refractivity contribution in [1.29, 1.82) is 0 Å². The third-order valence-electron chi connectivity index (χ3n) is 3.64. The maximum absolute atomic E-state index is 3.80. The average Bonchev–Trinajstić information content (AvgIpc) is 2.88. The van der Waals surface area contributed by atoms with Crippen LogP contribution in [-0.4, -0.2) is 8.07 Å². The van der Waals surface area contributed by atoms with Gasteiger partial charge in [0.15, 0.2) is 0 Å². The maximum Gasteiger partial charge on any atom is 0.0907 e. The molecule has 2 aliphatic carbocycles. The van der Waals surface area contributed by atoms with E-state index in [0.29, 0.717) is 5.54 Å². The van der Waals surface area contributed by atoms with Crippen molar-refractivity contribution in [3.8, 4) is 0 Å². The highest BCUT2D eigenvalue weighted by atomic mass is 28.3. The highest BCUT2D eigenvalue weighted by Crippen LogP contribution is 2.38. The van der Waals surface area contributed by atoms with Crippen LogP contribution in [0.5, 0.6) is 0 Å². The molecular formula is C15H20Si. The van der Waals surface area contributed by atoms with Crippen LogP contribution in [0.3, 0.4) is 0 Å². The predicted octanol–water partition coefficient (Wildman–Crippen LogP) is 4.56. The van der Waals surface area contributed by atoms with Crippen LogP contribution >= 0.6 is 0 Å². The number of allylic oxidation sites excluding steroid dienone is 9. The molecule has 0 saturated heterocycles. The number of hydrogen-bond acceptors (Lipinski definition) is 0. The Morgan fingerprint density at radius 1 is 1.44 bits per heavy atom. The van der Waals surface area contributed by atoms with E-state index in [0.717, 1.165) is 12.8 Å². The Morgan fingerprint density at radius 3 is 2.88 bits per heavy atom. The molecule has 0 saturated carbocycles. The Bertz CT molecular complexity index is 405. The largest absolute Gasteiger partial charge is 0.103 e. The van der Waals surface area contributed by atoms with Crippen molar-refractivity contribution in [2.24, 2.45) is 0 Å². The zero-order valence-electron chi connectivity index (χ0n) is 10.2. The standard InChI is InChI=1S/C15H20Si/c1-4-7-13-10-11-15(12-13)16(2,3)14-8-5-6-9-14/h4-5,8-12,15H,1,6-7H2,2-3H3. The van der Waals surface area contributed by atoms with Gasteiger partial charge in [0.05, 0.1) is 8.07 Å². The molecule has 0 bridgehead atoms. The first-order chi connectivity index (χ1) is 7.64. The second-order valence-electron chi connectivity index (χ2n) is 5.14. The van der Waals surface area contributed by atoms with Crippen LogP contribution in [-0.2, 0) is 0 Å². The molecule has 0 spiro atoms. The van der Waals surface area contributed by atoms with Gasteiger partial charge >= 0.3 is 0 Å². The summed E-state index contributed by atoms with van der Waals surface area (Å²) < 4.78 is 0. The van der Waals surface area contributed by atoms with Gasteiger partial charge in [0.2, 0.25) is 0 Å². The van der Waals surface area contributed by atoms with Gasteiger partial charge in [0, 0.05) is 0 Å². The van der Waals surface area contributed by atoms with Crippen molar-refractivity contribution < 1.29 is 0 Å². The van der Waals surface area contributed by atoms with E-state index in [9.17, 15) is 0 Å². The topological polar surface area (TPSA) is 0 Å². The minimum absolute atomic E-state index is 0.663. The molecule has 16 heavy (non-hydrogen) atoms. The summed E-state index contributed by atoms with van der Waals surface area (Å²) in [5, 5.41) is 1.61. The van der Waals surface area contributed by atoms with E-state index in [1.807, 2.05) is 6.08 Å². The van der Waals surface area contributed by atoms with Gasteiger partial charge < -0.3 is 0 Å². The molecule has 0 aromatic rings. The first kappa shape index (κ1) is 11.4. The normalized spacial score (nSPS) is 23.5. The first-order valence-electron chi connectivity index (χ1n) is 6.01. The second-order valence-corrected chi connectivity index (χ2v) is 9.83. The molecule has 1 heteroatoms. The van der Waals surface area contributed by atoms with Gasteiger partial charge in [-0.15, -0.1) is 6.58 Å². The lowest BCUT2D eigenvalue weighted by molar-refractivity contribution is 1.25. The second kappa shape index (κ2) is 4.42. The van der Waals surface area contributed by atoms with Gasteiger partial charge in [-0.3, -0.25) is 0 Å². The van der Waals surface area contributed by atoms with E-state index in [2.05, 4.69) is 56.1 Å². The summed E-state index contributed by atoms with van der Waals surface area (Å²) in [6.07, 6.45) is 18.2. The third kappa shape index (κ3) is 2.05. The van der Waals surface area contributed by atoms with E-state index >= 15 is 0 Å². The van der Waals surface area contributed by atoms with Gasteiger partial charge in [-0.05, 0) is 24.0 Å². The molecule has 0 fully saturated rings. The Kier molecular flexibility index (Phi) is 3.15. The van der Waals surface area contributed by atoms with E-state index in [1.54, 1.807) is 5.20 Å². The Balaban J connectivity index is 2.17. The zero-order chi connectivity index (χ0) is 11.6. The SMILES string of the molecule is C=CCC1=CC([Si](C)(C)C2=CCC=C2)C=C1. The molecule has 1 unspecified atom stereocenters. The fourth-order valence-electron chi connectivity index (χ4n) is 2.45.